The monoisotopic (exact) mass is 285 g/mol. The molecule has 0 bridgehead atoms. The normalized spacial score (nSPS) is 10.8. The lowest BCUT2D eigenvalue weighted by atomic mass is 10.2. The number of benzene rings is 1. The summed E-state index contributed by atoms with van der Waals surface area (Å²) in [5.41, 5.74) is 18.5. The predicted molar refractivity (Wildman–Crippen MR) is 78.9 cm³/mol. The summed E-state index contributed by atoms with van der Waals surface area (Å²) in [6.45, 7) is 0. The summed E-state index contributed by atoms with van der Waals surface area (Å²) in [6.07, 6.45) is 1.47. The number of hydrogen-bond acceptors (Lipinski definition) is 8. The molecule has 8 heteroatoms. The molecule has 0 amide bonds. The summed E-state index contributed by atoms with van der Waals surface area (Å²) in [5.74, 6) is 0.644. The van der Waals surface area contributed by atoms with Gasteiger partial charge < -0.3 is 17.2 Å². The maximum atomic E-state index is 5.74. The first-order chi connectivity index (χ1) is 9.61. The molecule has 0 unspecified atom stereocenters. The van der Waals surface area contributed by atoms with Crippen molar-refractivity contribution in [3.63, 3.8) is 0 Å². The molecular weight excluding hydrogens is 274 g/mol. The molecule has 0 aliphatic carbocycles. The van der Waals surface area contributed by atoms with Crippen LogP contribution in [0.2, 0.25) is 0 Å². The number of hydrogen-bond donors (Lipinski definition) is 3. The van der Waals surface area contributed by atoms with E-state index in [0.29, 0.717) is 22.5 Å². The van der Waals surface area contributed by atoms with Crippen LogP contribution in [0.15, 0.2) is 40.8 Å². The van der Waals surface area contributed by atoms with E-state index in [1.807, 2.05) is 6.07 Å². The fourth-order valence-corrected chi connectivity index (χ4v) is 2.58. The maximum absolute atomic E-state index is 5.74. The molecule has 1 aromatic carbocycles. The molecule has 2 heterocycles. The van der Waals surface area contributed by atoms with Crippen LogP contribution in [0.4, 0.5) is 17.3 Å². The van der Waals surface area contributed by atoms with E-state index in [-0.39, 0.29) is 0 Å². The summed E-state index contributed by atoms with van der Waals surface area (Å²) < 4.78 is 0. The first kappa shape index (κ1) is 12.4. The van der Waals surface area contributed by atoms with Crippen molar-refractivity contribution in [1.82, 2.24) is 19.9 Å². The first-order valence-corrected chi connectivity index (χ1v) is 6.51. The van der Waals surface area contributed by atoms with Crippen LogP contribution in [0.1, 0.15) is 0 Å². The largest absolute Gasteiger partial charge is 0.399 e. The van der Waals surface area contributed by atoms with Crippen molar-refractivity contribution in [1.29, 1.82) is 0 Å². The van der Waals surface area contributed by atoms with Crippen molar-refractivity contribution in [2.24, 2.45) is 0 Å². The topological polar surface area (TPSA) is 130 Å². The van der Waals surface area contributed by atoms with Gasteiger partial charge in [-0.15, -0.1) is 0 Å². The third-order valence-corrected chi connectivity index (χ3v) is 3.44. The van der Waals surface area contributed by atoms with Crippen LogP contribution in [0.3, 0.4) is 0 Å². The van der Waals surface area contributed by atoms with Gasteiger partial charge in [0.25, 0.3) is 0 Å². The van der Waals surface area contributed by atoms with Gasteiger partial charge in [0.15, 0.2) is 5.16 Å². The molecule has 0 saturated heterocycles. The average Bonchev–Trinajstić information content (AvgIpc) is 2.37. The summed E-state index contributed by atoms with van der Waals surface area (Å²) in [4.78, 5) is 16.7. The second kappa shape index (κ2) is 4.82. The average molecular weight is 285 g/mol. The van der Waals surface area contributed by atoms with Crippen LogP contribution in [0.25, 0.3) is 10.9 Å². The van der Waals surface area contributed by atoms with Gasteiger partial charge in [-0.1, -0.05) is 0 Å². The van der Waals surface area contributed by atoms with Crippen molar-refractivity contribution in [3.05, 3.63) is 30.6 Å². The van der Waals surface area contributed by atoms with Gasteiger partial charge in [0.05, 0.1) is 5.52 Å². The fourth-order valence-electron chi connectivity index (χ4n) is 1.72. The molecule has 3 rings (SSSR count). The molecule has 0 atom stereocenters. The molecule has 0 aliphatic heterocycles. The molecule has 0 radical (unpaired) electrons. The molecule has 0 fully saturated rings. The predicted octanol–water partition coefficient (Wildman–Crippen LogP) is 1.32. The van der Waals surface area contributed by atoms with Gasteiger partial charge in [0, 0.05) is 17.1 Å². The van der Waals surface area contributed by atoms with E-state index >= 15 is 0 Å². The molecular formula is C12H11N7S. The van der Waals surface area contributed by atoms with E-state index in [9.17, 15) is 0 Å². The Bertz CT molecular complexity index is 770. The number of anilines is 3. The van der Waals surface area contributed by atoms with E-state index in [1.54, 1.807) is 12.1 Å². The van der Waals surface area contributed by atoms with Gasteiger partial charge >= 0.3 is 0 Å². The van der Waals surface area contributed by atoms with E-state index in [2.05, 4.69) is 19.9 Å². The van der Waals surface area contributed by atoms with Crippen LogP contribution in [-0.2, 0) is 0 Å². The summed E-state index contributed by atoms with van der Waals surface area (Å²) >= 11 is 1.28. The Labute approximate surface area is 118 Å². The Morgan fingerprint density at radius 1 is 0.900 bits per heavy atom. The number of nitrogens with two attached hydrogens (primary N) is 3. The SMILES string of the molecule is Nc1ccc2c(Sc3nc(N)cc(N)n3)ncnc2c1. The quantitative estimate of drug-likeness (QED) is 0.365. The van der Waals surface area contributed by atoms with Crippen molar-refractivity contribution in [3.8, 4) is 0 Å². The zero-order chi connectivity index (χ0) is 14.1. The van der Waals surface area contributed by atoms with Gasteiger partial charge in [-0.25, -0.2) is 19.9 Å². The third kappa shape index (κ3) is 2.41. The lowest BCUT2D eigenvalue weighted by Crippen LogP contribution is -1.99. The Morgan fingerprint density at radius 3 is 2.40 bits per heavy atom. The van der Waals surface area contributed by atoms with E-state index < -0.39 is 0 Å². The number of nitrogen functional groups attached to an aromatic ring is 3. The van der Waals surface area contributed by atoms with Gasteiger partial charge in [0.1, 0.15) is 23.0 Å². The highest BCUT2D eigenvalue weighted by molar-refractivity contribution is 7.99. The molecule has 2 aromatic heterocycles. The minimum atomic E-state index is 0.322. The fraction of sp³-hybridized carbons (Fsp3) is 0. The van der Waals surface area contributed by atoms with Crippen LogP contribution in [-0.4, -0.2) is 19.9 Å². The van der Waals surface area contributed by atoms with E-state index in [1.165, 1.54) is 24.2 Å². The number of rotatable bonds is 2. The summed E-state index contributed by atoms with van der Waals surface area (Å²) in [6, 6.07) is 6.95. The Kier molecular flexibility index (Phi) is 2.99. The zero-order valence-corrected chi connectivity index (χ0v) is 11.1. The zero-order valence-electron chi connectivity index (χ0n) is 10.3. The molecule has 3 aromatic rings. The smallest absolute Gasteiger partial charge is 0.197 e. The highest BCUT2D eigenvalue weighted by Crippen LogP contribution is 2.30. The van der Waals surface area contributed by atoms with Crippen LogP contribution in [0, 0.1) is 0 Å². The van der Waals surface area contributed by atoms with Crippen molar-refractivity contribution < 1.29 is 0 Å². The second-order valence-electron chi connectivity index (χ2n) is 4.06. The van der Waals surface area contributed by atoms with Crippen molar-refractivity contribution in [2.75, 3.05) is 17.2 Å². The number of aromatic nitrogens is 4. The van der Waals surface area contributed by atoms with Gasteiger partial charge in [0.2, 0.25) is 0 Å². The lowest BCUT2D eigenvalue weighted by Gasteiger charge is -2.05. The first-order valence-electron chi connectivity index (χ1n) is 5.70. The highest BCUT2D eigenvalue weighted by atomic mass is 32.2. The second-order valence-corrected chi connectivity index (χ2v) is 5.01. The van der Waals surface area contributed by atoms with Crippen molar-refractivity contribution in [2.45, 2.75) is 10.2 Å². The van der Waals surface area contributed by atoms with Crippen molar-refractivity contribution >= 4 is 40.0 Å². The van der Waals surface area contributed by atoms with E-state index in [0.717, 1.165) is 15.9 Å². The van der Waals surface area contributed by atoms with Gasteiger partial charge in [-0.2, -0.15) is 0 Å². The van der Waals surface area contributed by atoms with Crippen LogP contribution >= 0.6 is 11.8 Å². The number of fused-ring (bicyclic) bond motifs is 1. The molecule has 0 spiro atoms. The molecule has 6 N–H and O–H groups in total. The molecule has 0 aliphatic rings. The molecule has 7 nitrogen and oxygen atoms in total. The minimum Gasteiger partial charge on any atom is -0.399 e. The number of nitrogens with zero attached hydrogens (tertiary/aromatic N) is 4. The summed E-state index contributed by atoms with van der Waals surface area (Å²) in [7, 11) is 0. The third-order valence-electron chi connectivity index (χ3n) is 2.56. The Balaban J connectivity index is 2.06. The summed E-state index contributed by atoms with van der Waals surface area (Å²) in [5, 5.41) is 2.04. The molecule has 0 saturated carbocycles. The molecule has 20 heavy (non-hydrogen) atoms. The van der Waals surface area contributed by atoms with Gasteiger partial charge in [-0.05, 0) is 30.0 Å². The maximum Gasteiger partial charge on any atom is 0.197 e. The minimum absolute atomic E-state index is 0.322. The standard InChI is InChI=1S/C12H11N7S/c13-6-1-2-7-8(3-6)16-5-17-11(7)20-12-18-9(14)4-10(15)19-12/h1-5H,13H2,(H4,14,15,18,19). The van der Waals surface area contributed by atoms with Crippen LogP contribution in [0.5, 0.6) is 0 Å². The van der Waals surface area contributed by atoms with E-state index in [4.69, 9.17) is 17.2 Å². The van der Waals surface area contributed by atoms with Gasteiger partial charge in [-0.3, -0.25) is 0 Å². The molecule has 100 valence electrons. The Morgan fingerprint density at radius 2 is 1.65 bits per heavy atom. The lowest BCUT2D eigenvalue weighted by molar-refractivity contribution is 0.977. The van der Waals surface area contributed by atoms with Crippen LogP contribution < -0.4 is 17.2 Å². The highest BCUT2D eigenvalue weighted by Gasteiger charge is 2.09. The Hall–Kier alpha value is -2.61.